The fourth-order valence-electron chi connectivity index (χ4n) is 1.55. The maximum absolute atomic E-state index is 11.4. The van der Waals surface area contributed by atoms with Crippen molar-refractivity contribution < 1.29 is 14.3 Å². The van der Waals surface area contributed by atoms with Gasteiger partial charge in [0.25, 0.3) is 0 Å². The molecule has 1 atom stereocenters. The van der Waals surface area contributed by atoms with Crippen LogP contribution in [-0.2, 0) is 14.3 Å². The number of esters is 1. The summed E-state index contributed by atoms with van der Waals surface area (Å²) >= 11 is 0. The number of unbranched alkanes of at least 4 members (excludes halogenated alkanes) is 2. The van der Waals surface area contributed by atoms with Gasteiger partial charge in [-0.05, 0) is 6.42 Å². The Morgan fingerprint density at radius 1 is 1.53 bits per heavy atom. The molecule has 4 heteroatoms. The zero-order valence-electron chi connectivity index (χ0n) is 9.46. The molecule has 0 aromatic rings. The number of carbonyl (C=O) groups excluding carboxylic acids is 1. The lowest BCUT2D eigenvalue weighted by molar-refractivity contribution is -0.145. The number of rotatable bonds is 6. The third-order valence-electron chi connectivity index (χ3n) is 2.42. The second-order valence-corrected chi connectivity index (χ2v) is 3.86. The Morgan fingerprint density at radius 2 is 2.40 bits per heavy atom. The Hall–Kier alpha value is -0.610. The summed E-state index contributed by atoms with van der Waals surface area (Å²) in [7, 11) is 0. The van der Waals surface area contributed by atoms with E-state index < -0.39 is 0 Å². The van der Waals surface area contributed by atoms with Crippen LogP contribution >= 0.6 is 0 Å². The van der Waals surface area contributed by atoms with E-state index in [-0.39, 0.29) is 12.0 Å². The zero-order chi connectivity index (χ0) is 10.9. The number of ether oxygens (including phenoxy) is 2. The van der Waals surface area contributed by atoms with Gasteiger partial charge in [0.15, 0.2) is 0 Å². The Kier molecular flexibility index (Phi) is 6.36. The summed E-state index contributed by atoms with van der Waals surface area (Å²) in [6, 6.07) is 0.137. The summed E-state index contributed by atoms with van der Waals surface area (Å²) in [6.45, 7) is 4.87. The van der Waals surface area contributed by atoms with E-state index in [4.69, 9.17) is 9.47 Å². The number of nitrogens with one attached hydrogen (secondary N) is 1. The van der Waals surface area contributed by atoms with Gasteiger partial charge in [0.05, 0.1) is 26.2 Å². The van der Waals surface area contributed by atoms with Crippen molar-refractivity contribution in [3.63, 3.8) is 0 Å². The van der Waals surface area contributed by atoms with Crippen molar-refractivity contribution in [1.29, 1.82) is 0 Å². The first-order valence-corrected chi connectivity index (χ1v) is 5.79. The van der Waals surface area contributed by atoms with Crippen LogP contribution < -0.4 is 5.32 Å². The van der Waals surface area contributed by atoms with Gasteiger partial charge in [-0.3, -0.25) is 4.79 Å². The molecule has 0 spiro atoms. The minimum absolute atomic E-state index is 0.117. The van der Waals surface area contributed by atoms with E-state index in [0.717, 1.165) is 32.4 Å². The highest BCUT2D eigenvalue weighted by atomic mass is 16.5. The van der Waals surface area contributed by atoms with Crippen LogP contribution in [0, 0.1) is 0 Å². The van der Waals surface area contributed by atoms with E-state index >= 15 is 0 Å². The number of carbonyl (C=O) groups is 1. The van der Waals surface area contributed by atoms with Gasteiger partial charge >= 0.3 is 5.97 Å². The van der Waals surface area contributed by atoms with Crippen molar-refractivity contribution in [3.05, 3.63) is 0 Å². The smallest absolute Gasteiger partial charge is 0.307 e. The zero-order valence-corrected chi connectivity index (χ0v) is 9.46. The molecule has 0 amide bonds. The molecule has 1 aliphatic rings. The van der Waals surface area contributed by atoms with Gasteiger partial charge in [0, 0.05) is 12.6 Å². The van der Waals surface area contributed by atoms with Crippen molar-refractivity contribution in [2.75, 3.05) is 26.4 Å². The molecule has 0 aromatic carbocycles. The fourth-order valence-corrected chi connectivity index (χ4v) is 1.55. The molecule has 1 heterocycles. The molecule has 1 rings (SSSR count). The van der Waals surface area contributed by atoms with Gasteiger partial charge in [-0.15, -0.1) is 0 Å². The first-order chi connectivity index (χ1) is 7.33. The maximum atomic E-state index is 11.4. The molecule has 0 radical (unpaired) electrons. The van der Waals surface area contributed by atoms with Gasteiger partial charge in [-0.1, -0.05) is 19.8 Å². The van der Waals surface area contributed by atoms with Crippen molar-refractivity contribution in [2.24, 2.45) is 0 Å². The standard InChI is InChI=1S/C11H21NO3/c1-2-3-4-6-15-11(13)8-10-9-14-7-5-12-10/h10,12H,2-9H2,1H3. The van der Waals surface area contributed by atoms with E-state index in [1.54, 1.807) is 0 Å². The maximum Gasteiger partial charge on any atom is 0.307 e. The molecular weight excluding hydrogens is 194 g/mol. The molecule has 88 valence electrons. The molecule has 0 saturated carbocycles. The normalized spacial score (nSPS) is 21.3. The van der Waals surface area contributed by atoms with Gasteiger partial charge in [0.2, 0.25) is 0 Å². The Labute approximate surface area is 91.3 Å². The molecule has 15 heavy (non-hydrogen) atoms. The Balaban J connectivity index is 2.01. The highest BCUT2D eigenvalue weighted by Gasteiger charge is 2.17. The van der Waals surface area contributed by atoms with Crippen molar-refractivity contribution in [2.45, 2.75) is 38.6 Å². The SMILES string of the molecule is CCCCCOC(=O)CC1COCCN1. The summed E-state index contributed by atoms with van der Waals surface area (Å²) in [5.74, 6) is -0.117. The molecule has 0 aromatic heterocycles. The summed E-state index contributed by atoms with van der Waals surface area (Å²) < 4.78 is 10.4. The van der Waals surface area contributed by atoms with Crippen LogP contribution in [0.3, 0.4) is 0 Å². The lowest BCUT2D eigenvalue weighted by Crippen LogP contribution is -2.42. The monoisotopic (exact) mass is 215 g/mol. The lowest BCUT2D eigenvalue weighted by Gasteiger charge is -2.22. The molecule has 1 N–H and O–H groups in total. The third-order valence-corrected chi connectivity index (χ3v) is 2.42. The lowest BCUT2D eigenvalue weighted by atomic mass is 10.2. The highest BCUT2D eigenvalue weighted by Crippen LogP contribution is 2.01. The number of hydrogen-bond donors (Lipinski definition) is 1. The molecule has 1 unspecified atom stereocenters. The average Bonchev–Trinajstić information content (AvgIpc) is 2.26. The Bertz CT molecular complexity index is 179. The second kappa shape index (κ2) is 7.65. The topological polar surface area (TPSA) is 47.6 Å². The molecule has 1 aliphatic heterocycles. The van der Waals surface area contributed by atoms with Gasteiger partial charge in [-0.25, -0.2) is 0 Å². The average molecular weight is 215 g/mol. The third kappa shape index (κ3) is 5.74. The molecule has 4 nitrogen and oxygen atoms in total. The fraction of sp³-hybridized carbons (Fsp3) is 0.909. The molecule has 1 fully saturated rings. The van der Waals surface area contributed by atoms with Crippen LogP contribution in [-0.4, -0.2) is 38.4 Å². The first-order valence-electron chi connectivity index (χ1n) is 5.79. The van der Waals surface area contributed by atoms with Crippen molar-refractivity contribution >= 4 is 5.97 Å². The van der Waals surface area contributed by atoms with Crippen LogP contribution in [0.15, 0.2) is 0 Å². The van der Waals surface area contributed by atoms with Crippen LogP contribution in [0.5, 0.6) is 0 Å². The predicted molar refractivity (Wildman–Crippen MR) is 57.7 cm³/mol. The summed E-state index contributed by atoms with van der Waals surface area (Å²) in [4.78, 5) is 11.4. The largest absolute Gasteiger partial charge is 0.466 e. The number of morpholine rings is 1. The number of hydrogen-bond acceptors (Lipinski definition) is 4. The van der Waals surface area contributed by atoms with E-state index in [1.165, 1.54) is 0 Å². The van der Waals surface area contributed by atoms with Crippen molar-refractivity contribution in [3.8, 4) is 0 Å². The molecule has 0 bridgehead atoms. The van der Waals surface area contributed by atoms with E-state index in [2.05, 4.69) is 12.2 Å². The van der Waals surface area contributed by atoms with Crippen molar-refractivity contribution in [1.82, 2.24) is 5.32 Å². The van der Waals surface area contributed by atoms with Crippen LogP contribution in [0.25, 0.3) is 0 Å². The second-order valence-electron chi connectivity index (χ2n) is 3.86. The van der Waals surface area contributed by atoms with E-state index in [9.17, 15) is 4.79 Å². The highest BCUT2D eigenvalue weighted by molar-refractivity contribution is 5.70. The molecule has 1 saturated heterocycles. The quantitative estimate of drug-likeness (QED) is 0.532. The molecular formula is C11H21NO3. The first kappa shape index (κ1) is 12.5. The van der Waals surface area contributed by atoms with Gasteiger partial charge in [-0.2, -0.15) is 0 Å². The minimum atomic E-state index is -0.117. The van der Waals surface area contributed by atoms with Crippen LogP contribution in [0.2, 0.25) is 0 Å². The predicted octanol–water partition coefficient (Wildman–Crippen LogP) is 1.10. The Morgan fingerprint density at radius 3 is 3.07 bits per heavy atom. The van der Waals surface area contributed by atoms with E-state index in [1.807, 2.05) is 0 Å². The summed E-state index contributed by atoms with van der Waals surface area (Å²) in [5, 5.41) is 3.23. The van der Waals surface area contributed by atoms with Crippen LogP contribution in [0.1, 0.15) is 32.6 Å². The molecule has 0 aliphatic carbocycles. The van der Waals surface area contributed by atoms with Crippen LogP contribution in [0.4, 0.5) is 0 Å². The van der Waals surface area contributed by atoms with E-state index in [0.29, 0.717) is 19.6 Å². The minimum Gasteiger partial charge on any atom is -0.466 e. The van der Waals surface area contributed by atoms with Gasteiger partial charge < -0.3 is 14.8 Å². The summed E-state index contributed by atoms with van der Waals surface area (Å²) in [6.07, 6.45) is 3.66. The summed E-state index contributed by atoms with van der Waals surface area (Å²) in [5.41, 5.74) is 0. The van der Waals surface area contributed by atoms with Gasteiger partial charge in [0.1, 0.15) is 0 Å².